The first kappa shape index (κ1) is 11.8. The molecule has 0 atom stereocenters. The Balaban J connectivity index is 3.04. The van der Waals surface area contributed by atoms with E-state index in [-0.39, 0.29) is 6.61 Å². The van der Waals surface area contributed by atoms with E-state index in [9.17, 15) is 13.2 Å². The van der Waals surface area contributed by atoms with Crippen LogP contribution in [0.25, 0.3) is 6.08 Å². The van der Waals surface area contributed by atoms with Gasteiger partial charge in [-0.3, -0.25) is 0 Å². The highest BCUT2D eigenvalue weighted by molar-refractivity contribution is 5.53. The van der Waals surface area contributed by atoms with Crippen molar-refractivity contribution in [3.8, 4) is 0 Å². The van der Waals surface area contributed by atoms with E-state index in [1.165, 1.54) is 12.1 Å². The Labute approximate surface area is 85.9 Å². The van der Waals surface area contributed by atoms with Gasteiger partial charge in [-0.05, 0) is 30.2 Å². The highest BCUT2D eigenvalue weighted by atomic mass is 19.4. The summed E-state index contributed by atoms with van der Waals surface area (Å²) in [5, 5.41) is 8.73. The van der Waals surface area contributed by atoms with Crippen LogP contribution >= 0.6 is 0 Å². The fourth-order valence-corrected chi connectivity index (χ4v) is 1.13. The molecule has 0 aliphatic carbocycles. The molecule has 1 aromatic carbocycles. The van der Waals surface area contributed by atoms with E-state index in [0.29, 0.717) is 11.1 Å². The second-order valence-electron chi connectivity index (χ2n) is 3.27. The predicted octanol–water partition coefficient (Wildman–Crippen LogP) is 3.10. The van der Waals surface area contributed by atoms with Gasteiger partial charge in [0.1, 0.15) is 0 Å². The lowest BCUT2D eigenvalue weighted by Gasteiger charge is -2.07. The van der Waals surface area contributed by atoms with Crippen LogP contribution in [-0.2, 0) is 6.18 Å². The SMILES string of the molecule is C/C(=C\c1cccc(C(F)(F)F)c1)CO. The van der Waals surface area contributed by atoms with Gasteiger partial charge in [0.25, 0.3) is 0 Å². The highest BCUT2D eigenvalue weighted by Gasteiger charge is 2.30. The summed E-state index contributed by atoms with van der Waals surface area (Å²) in [6.45, 7) is 1.50. The molecular formula is C11H11F3O. The molecule has 1 rings (SSSR count). The van der Waals surface area contributed by atoms with Gasteiger partial charge in [-0.2, -0.15) is 13.2 Å². The molecular weight excluding hydrogens is 205 g/mol. The van der Waals surface area contributed by atoms with Crippen LogP contribution in [0.4, 0.5) is 13.2 Å². The van der Waals surface area contributed by atoms with Gasteiger partial charge < -0.3 is 5.11 Å². The number of aliphatic hydroxyl groups is 1. The Kier molecular flexibility index (Phi) is 3.52. The van der Waals surface area contributed by atoms with Gasteiger partial charge in [0.05, 0.1) is 12.2 Å². The third-order valence-corrected chi connectivity index (χ3v) is 1.88. The second kappa shape index (κ2) is 4.49. The van der Waals surface area contributed by atoms with Crippen LogP contribution in [0.5, 0.6) is 0 Å². The number of alkyl halides is 3. The Bertz CT molecular complexity index is 366. The summed E-state index contributed by atoms with van der Waals surface area (Å²) < 4.78 is 37.0. The smallest absolute Gasteiger partial charge is 0.392 e. The maximum absolute atomic E-state index is 12.3. The number of hydrogen-bond acceptors (Lipinski definition) is 1. The van der Waals surface area contributed by atoms with Gasteiger partial charge in [-0.25, -0.2) is 0 Å². The number of aliphatic hydroxyl groups excluding tert-OH is 1. The molecule has 0 aliphatic rings. The van der Waals surface area contributed by atoms with Gasteiger partial charge in [0.2, 0.25) is 0 Å². The van der Waals surface area contributed by atoms with Crippen LogP contribution < -0.4 is 0 Å². The third-order valence-electron chi connectivity index (χ3n) is 1.88. The third kappa shape index (κ3) is 3.40. The Morgan fingerprint density at radius 2 is 2.07 bits per heavy atom. The van der Waals surface area contributed by atoms with Gasteiger partial charge in [-0.1, -0.05) is 18.2 Å². The molecule has 0 amide bonds. The molecule has 1 nitrogen and oxygen atoms in total. The van der Waals surface area contributed by atoms with Crippen molar-refractivity contribution in [3.63, 3.8) is 0 Å². The summed E-state index contributed by atoms with van der Waals surface area (Å²) in [6, 6.07) is 4.98. The average molecular weight is 216 g/mol. The van der Waals surface area contributed by atoms with Crippen LogP contribution in [0, 0.1) is 0 Å². The van der Waals surface area contributed by atoms with E-state index in [2.05, 4.69) is 0 Å². The second-order valence-corrected chi connectivity index (χ2v) is 3.27. The minimum Gasteiger partial charge on any atom is -0.392 e. The molecule has 0 fully saturated rings. The first-order chi connectivity index (χ1) is 6.93. The fourth-order valence-electron chi connectivity index (χ4n) is 1.13. The van der Waals surface area contributed by atoms with Crippen molar-refractivity contribution in [1.29, 1.82) is 0 Å². The van der Waals surface area contributed by atoms with Crippen molar-refractivity contribution in [2.24, 2.45) is 0 Å². The first-order valence-corrected chi connectivity index (χ1v) is 4.39. The summed E-state index contributed by atoms with van der Waals surface area (Å²) in [6.07, 6.45) is -2.80. The fraction of sp³-hybridized carbons (Fsp3) is 0.273. The topological polar surface area (TPSA) is 20.2 Å². The Morgan fingerprint density at radius 1 is 1.40 bits per heavy atom. The van der Waals surface area contributed by atoms with E-state index in [0.717, 1.165) is 12.1 Å². The lowest BCUT2D eigenvalue weighted by Crippen LogP contribution is -2.04. The Hall–Kier alpha value is -1.29. The molecule has 0 bridgehead atoms. The van der Waals surface area contributed by atoms with Crippen molar-refractivity contribution in [1.82, 2.24) is 0 Å². The normalized spacial score (nSPS) is 13.0. The van der Waals surface area contributed by atoms with Gasteiger partial charge in [0, 0.05) is 0 Å². The van der Waals surface area contributed by atoms with Crippen molar-refractivity contribution >= 4 is 6.08 Å². The molecule has 0 aliphatic heterocycles. The molecule has 1 aromatic rings. The minimum absolute atomic E-state index is 0.157. The molecule has 0 spiro atoms. The zero-order valence-corrected chi connectivity index (χ0v) is 8.17. The van der Waals surface area contributed by atoms with Crippen LogP contribution in [0.3, 0.4) is 0 Å². The molecule has 15 heavy (non-hydrogen) atoms. The first-order valence-electron chi connectivity index (χ1n) is 4.39. The van der Waals surface area contributed by atoms with Gasteiger partial charge in [-0.15, -0.1) is 0 Å². The summed E-state index contributed by atoms with van der Waals surface area (Å²) >= 11 is 0. The van der Waals surface area contributed by atoms with E-state index < -0.39 is 11.7 Å². The molecule has 4 heteroatoms. The van der Waals surface area contributed by atoms with E-state index >= 15 is 0 Å². The summed E-state index contributed by atoms with van der Waals surface area (Å²) in [5.41, 5.74) is 0.382. The van der Waals surface area contributed by atoms with Crippen LogP contribution in [0.2, 0.25) is 0 Å². The quantitative estimate of drug-likeness (QED) is 0.805. The predicted molar refractivity (Wildman–Crippen MR) is 52.2 cm³/mol. The molecule has 0 saturated carbocycles. The van der Waals surface area contributed by atoms with Crippen molar-refractivity contribution in [2.45, 2.75) is 13.1 Å². The number of benzene rings is 1. The lowest BCUT2D eigenvalue weighted by molar-refractivity contribution is -0.137. The number of rotatable bonds is 2. The zero-order chi connectivity index (χ0) is 11.5. The van der Waals surface area contributed by atoms with E-state index in [4.69, 9.17) is 5.11 Å². The largest absolute Gasteiger partial charge is 0.416 e. The summed E-state index contributed by atoms with van der Waals surface area (Å²) in [4.78, 5) is 0. The van der Waals surface area contributed by atoms with Crippen molar-refractivity contribution in [2.75, 3.05) is 6.61 Å². The van der Waals surface area contributed by atoms with E-state index in [1.54, 1.807) is 13.0 Å². The van der Waals surface area contributed by atoms with Crippen LogP contribution in [0.15, 0.2) is 29.8 Å². The summed E-state index contributed by atoms with van der Waals surface area (Å²) in [7, 11) is 0. The maximum Gasteiger partial charge on any atom is 0.416 e. The summed E-state index contributed by atoms with van der Waals surface area (Å²) in [5.74, 6) is 0. The van der Waals surface area contributed by atoms with E-state index in [1.807, 2.05) is 0 Å². The molecule has 1 N–H and O–H groups in total. The monoisotopic (exact) mass is 216 g/mol. The van der Waals surface area contributed by atoms with Gasteiger partial charge >= 0.3 is 6.18 Å². The standard InChI is InChI=1S/C11H11F3O/c1-8(7-15)5-9-3-2-4-10(6-9)11(12,13)14/h2-6,15H,7H2,1H3/b8-5+. The Morgan fingerprint density at radius 3 is 2.60 bits per heavy atom. The number of hydrogen-bond donors (Lipinski definition) is 1. The zero-order valence-electron chi connectivity index (χ0n) is 8.17. The molecule has 0 heterocycles. The average Bonchev–Trinajstić information content (AvgIpc) is 2.17. The highest BCUT2D eigenvalue weighted by Crippen LogP contribution is 2.29. The van der Waals surface area contributed by atoms with Crippen molar-refractivity contribution < 1.29 is 18.3 Å². The molecule has 82 valence electrons. The maximum atomic E-state index is 12.3. The van der Waals surface area contributed by atoms with Crippen LogP contribution in [0.1, 0.15) is 18.1 Å². The van der Waals surface area contributed by atoms with Gasteiger partial charge in [0.15, 0.2) is 0 Å². The number of halogens is 3. The molecule has 0 unspecified atom stereocenters. The van der Waals surface area contributed by atoms with Crippen molar-refractivity contribution in [3.05, 3.63) is 41.0 Å². The molecule has 0 aromatic heterocycles. The molecule has 0 saturated heterocycles. The molecule has 0 radical (unpaired) electrons. The van der Waals surface area contributed by atoms with Crippen LogP contribution in [-0.4, -0.2) is 11.7 Å². The lowest BCUT2D eigenvalue weighted by atomic mass is 10.1. The minimum atomic E-state index is -4.32.